The van der Waals surface area contributed by atoms with Crippen molar-refractivity contribution in [3.8, 4) is 6.07 Å². The molecule has 222 valence electrons. The third-order valence-corrected chi connectivity index (χ3v) is 9.49. The number of dihydropyridines is 1. The van der Waals surface area contributed by atoms with Crippen LogP contribution in [0.4, 0.5) is 4.39 Å². The van der Waals surface area contributed by atoms with Crippen LogP contribution in [0.1, 0.15) is 25.3 Å². The second-order valence-electron chi connectivity index (χ2n) is 11.7. The molecule has 0 spiro atoms. The van der Waals surface area contributed by atoms with Crippen molar-refractivity contribution in [2.75, 3.05) is 39.8 Å². The third-order valence-electron chi connectivity index (χ3n) is 9.12. The van der Waals surface area contributed by atoms with Crippen molar-refractivity contribution in [1.82, 2.24) is 14.7 Å². The van der Waals surface area contributed by atoms with Crippen LogP contribution in [0.3, 0.4) is 0 Å². The number of ether oxygens (including phenoxy) is 1. The second-order valence-corrected chi connectivity index (χ2v) is 12.1. The van der Waals surface area contributed by atoms with E-state index in [1.165, 1.54) is 12.1 Å². The van der Waals surface area contributed by atoms with Gasteiger partial charge in [0.15, 0.2) is 0 Å². The molecule has 2 saturated heterocycles. The number of piperazine rings is 1. The highest BCUT2D eigenvalue weighted by molar-refractivity contribution is 6.36. The Labute approximate surface area is 256 Å². The highest BCUT2D eigenvalue weighted by atomic mass is 35.5. The average molecular weight is 600 g/mol. The SMILES string of the molecule is C=CC(=O)N1CCN(C2=C(C#N)C(OC[C@@H]3CCCN3C)=NC3C=C(c4cccc5ccc(F)c(Cl)c45)C=CC23)[C@@H](C)C1. The Morgan fingerprint density at radius 3 is 2.84 bits per heavy atom. The molecule has 2 aromatic carbocycles. The van der Waals surface area contributed by atoms with Crippen LogP contribution in [0, 0.1) is 23.1 Å². The summed E-state index contributed by atoms with van der Waals surface area (Å²) in [5, 5.41) is 12.1. The molecule has 9 heteroatoms. The van der Waals surface area contributed by atoms with Gasteiger partial charge in [0.2, 0.25) is 11.8 Å². The number of halogens is 2. The Morgan fingerprint density at radius 1 is 1.28 bits per heavy atom. The lowest BCUT2D eigenvalue weighted by Gasteiger charge is -2.46. The normalized spacial score (nSPS) is 25.7. The summed E-state index contributed by atoms with van der Waals surface area (Å²) in [5.41, 5.74) is 3.01. The number of rotatable bonds is 5. The van der Waals surface area contributed by atoms with Crippen molar-refractivity contribution in [2.45, 2.75) is 37.9 Å². The number of hydrogen-bond acceptors (Lipinski definition) is 6. The number of benzene rings is 2. The van der Waals surface area contributed by atoms with Crippen molar-refractivity contribution in [2.24, 2.45) is 10.9 Å². The van der Waals surface area contributed by atoms with Crippen LogP contribution in [-0.2, 0) is 9.53 Å². The van der Waals surface area contributed by atoms with Crippen LogP contribution in [0.15, 0.2) is 77.5 Å². The zero-order valence-corrected chi connectivity index (χ0v) is 25.2. The molecule has 6 rings (SSSR count). The maximum absolute atomic E-state index is 14.5. The smallest absolute Gasteiger partial charge is 0.246 e. The van der Waals surface area contributed by atoms with E-state index in [0.717, 1.165) is 41.6 Å². The van der Waals surface area contributed by atoms with Gasteiger partial charge in [-0.05, 0) is 62.0 Å². The summed E-state index contributed by atoms with van der Waals surface area (Å²) in [6.45, 7) is 8.81. The monoisotopic (exact) mass is 599 g/mol. The Kier molecular flexibility index (Phi) is 8.13. The number of likely N-dealkylation sites (N-methyl/N-ethyl adjacent to an activating group) is 1. The first-order valence-corrected chi connectivity index (χ1v) is 15.2. The molecule has 0 N–H and O–H groups in total. The largest absolute Gasteiger partial charge is 0.475 e. The van der Waals surface area contributed by atoms with Gasteiger partial charge in [0, 0.05) is 48.7 Å². The molecule has 3 heterocycles. The zero-order chi connectivity index (χ0) is 30.2. The van der Waals surface area contributed by atoms with Gasteiger partial charge in [0.1, 0.15) is 24.1 Å². The first-order valence-electron chi connectivity index (χ1n) is 14.8. The third kappa shape index (κ3) is 5.37. The Hall–Kier alpha value is -3.93. The highest BCUT2D eigenvalue weighted by Crippen LogP contribution is 2.41. The number of hydrogen-bond donors (Lipinski definition) is 0. The van der Waals surface area contributed by atoms with Crippen molar-refractivity contribution in [1.29, 1.82) is 5.26 Å². The number of amides is 1. The van der Waals surface area contributed by atoms with E-state index in [0.29, 0.717) is 43.1 Å². The molecule has 2 unspecified atom stereocenters. The maximum Gasteiger partial charge on any atom is 0.246 e. The second kappa shape index (κ2) is 12.0. The molecule has 4 atom stereocenters. The number of nitriles is 1. The van der Waals surface area contributed by atoms with Crippen molar-refractivity contribution in [3.05, 3.63) is 88.9 Å². The molecule has 3 aliphatic heterocycles. The van der Waals surface area contributed by atoms with Crippen LogP contribution >= 0.6 is 11.6 Å². The summed E-state index contributed by atoms with van der Waals surface area (Å²) in [7, 11) is 2.09. The standard InChI is InChI=1S/C34H35ClFN5O2/c1-4-30(42)40-15-16-41(21(2)19-40)33-26-12-10-23(25-9-5-7-22-11-13-28(36)32(35)31(22)25)17-29(26)38-34(27(33)18-37)43-20-24-8-6-14-39(24)3/h4-5,7,9-13,17,21,24,26,29H,1,6,8,14-16,19-20H2,2-3H3/t21-,24-,26?,29?/m0/s1. The van der Waals surface area contributed by atoms with E-state index in [1.807, 2.05) is 24.3 Å². The van der Waals surface area contributed by atoms with Crippen molar-refractivity contribution in [3.63, 3.8) is 0 Å². The number of likely N-dealkylation sites (tertiary alicyclic amines) is 1. The summed E-state index contributed by atoms with van der Waals surface area (Å²) >= 11 is 6.49. The minimum Gasteiger partial charge on any atom is -0.475 e. The van der Waals surface area contributed by atoms with E-state index >= 15 is 0 Å². The van der Waals surface area contributed by atoms with Gasteiger partial charge in [0.05, 0.1) is 11.1 Å². The van der Waals surface area contributed by atoms with Gasteiger partial charge < -0.3 is 19.4 Å². The molecule has 7 nitrogen and oxygen atoms in total. The van der Waals surface area contributed by atoms with Gasteiger partial charge in [-0.2, -0.15) is 5.26 Å². The Morgan fingerprint density at radius 2 is 2.12 bits per heavy atom. The maximum atomic E-state index is 14.5. The van der Waals surface area contributed by atoms with E-state index in [9.17, 15) is 14.4 Å². The van der Waals surface area contributed by atoms with Crippen molar-refractivity contribution >= 4 is 39.8 Å². The molecule has 2 aromatic rings. The zero-order valence-electron chi connectivity index (χ0n) is 24.5. The first kappa shape index (κ1) is 29.2. The number of allylic oxidation sites excluding steroid dienone is 2. The van der Waals surface area contributed by atoms with Crippen LogP contribution in [0.25, 0.3) is 16.3 Å². The average Bonchev–Trinajstić information content (AvgIpc) is 3.44. The van der Waals surface area contributed by atoms with Crippen LogP contribution in [0.5, 0.6) is 0 Å². The number of carbonyl (C=O) groups is 1. The number of nitrogens with zero attached hydrogens (tertiary/aromatic N) is 5. The topological polar surface area (TPSA) is 72.2 Å². The predicted octanol–water partition coefficient (Wildman–Crippen LogP) is 5.59. The molecule has 1 amide bonds. The van der Waals surface area contributed by atoms with Crippen LogP contribution in [-0.4, -0.2) is 84.5 Å². The van der Waals surface area contributed by atoms with E-state index in [4.69, 9.17) is 21.3 Å². The molecular formula is C34H35ClFN5O2. The molecule has 2 fully saturated rings. The molecule has 4 aliphatic rings. The molecule has 0 radical (unpaired) electrons. The molecular weight excluding hydrogens is 565 g/mol. The number of carbonyl (C=O) groups excluding carboxylic acids is 1. The molecule has 0 aromatic heterocycles. The summed E-state index contributed by atoms with van der Waals surface area (Å²) in [6.07, 6.45) is 9.67. The highest BCUT2D eigenvalue weighted by Gasteiger charge is 2.40. The minimum atomic E-state index is -0.463. The van der Waals surface area contributed by atoms with Gasteiger partial charge in [-0.3, -0.25) is 4.79 Å². The Bertz CT molecular complexity index is 1640. The van der Waals surface area contributed by atoms with Crippen LogP contribution < -0.4 is 0 Å². The summed E-state index contributed by atoms with van der Waals surface area (Å²) < 4.78 is 20.9. The summed E-state index contributed by atoms with van der Waals surface area (Å²) in [6, 6.07) is 11.2. The quantitative estimate of drug-likeness (QED) is 0.419. The molecule has 43 heavy (non-hydrogen) atoms. The predicted molar refractivity (Wildman–Crippen MR) is 168 cm³/mol. The first-order chi connectivity index (χ1) is 20.8. The fraction of sp³-hybridized carbons (Fsp3) is 0.382. The Balaban J connectivity index is 1.40. The summed E-state index contributed by atoms with van der Waals surface area (Å²) in [5.74, 6) is -0.408. The van der Waals surface area contributed by atoms with E-state index < -0.39 is 5.82 Å². The van der Waals surface area contributed by atoms with Gasteiger partial charge in [-0.1, -0.05) is 60.7 Å². The minimum absolute atomic E-state index is 0.0319. The number of aliphatic imine (C=N–C) groups is 1. The summed E-state index contributed by atoms with van der Waals surface area (Å²) in [4.78, 5) is 23.7. The molecule has 1 aliphatic carbocycles. The molecule has 0 bridgehead atoms. The van der Waals surface area contributed by atoms with Crippen molar-refractivity contribution < 1.29 is 13.9 Å². The van der Waals surface area contributed by atoms with E-state index in [1.54, 1.807) is 11.0 Å². The van der Waals surface area contributed by atoms with Gasteiger partial charge >= 0.3 is 0 Å². The molecule has 0 saturated carbocycles. The van der Waals surface area contributed by atoms with Gasteiger partial charge in [-0.15, -0.1) is 0 Å². The fourth-order valence-corrected chi connectivity index (χ4v) is 7.07. The lowest BCUT2D eigenvalue weighted by molar-refractivity contribution is -0.128. The van der Waals surface area contributed by atoms with E-state index in [2.05, 4.69) is 48.6 Å². The lowest BCUT2D eigenvalue weighted by Crippen LogP contribution is -2.54. The van der Waals surface area contributed by atoms with Crippen LogP contribution in [0.2, 0.25) is 5.02 Å². The van der Waals surface area contributed by atoms with Gasteiger partial charge in [0.25, 0.3) is 0 Å². The fourth-order valence-electron chi connectivity index (χ4n) is 6.80. The number of fused-ring (bicyclic) bond motifs is 2. The van der Waals surface area contributed by atoms with E-state index in [-0.39, 0.29) is 35.0 Å². The lowest BCUT2D eigenvalue weighted by atomic mass is 9.82. The van der Waals surface area contributed by atoms with Gasteiger partial charge in [-0.25, -0.2) is 9.38 Å².